The molecule has 0 aliphatic rings. The number of halogens is 1. The quantitative estimate of drug-likeness (QED) is 0.688. The summed E-state index contributed by atoms with van der Waals surface area (Å²) in [6.45, 7) is 0.604. The van der Waals surface area contributed by atoms with Crippen LogP contribution >= 0.6 is 11.6 Å². The number of alkyl halides is 1. The van der Waals surface area contributed by atoms with Crippen molar-refractivity contribution in [2.45, 2.75) is 17.3 Å². The summed E-state index contributed by atoms with van der Waals surface area (Å²) in [6, 6.07) is 14.8. The van der Waals surface area contributed by atoms with E-state index in [1.807, 2.05) is 36.4 Å². The Labute approximate surface area is 134 Å². The second-order valence-corrected chi connectivity index (χ2v) is 7.44. The van der Waals surface area contributed by atoms with E-state index in [1.54, 1.807) is 12.1 Å². The molecule has 114 valence electrons. The zero-order valence-electron chi connectivity index (χ0n) is 12.0. The number of rotatable bonds is 4. The maximum absolute atomic E-state index is 11.5. The number of hydrogen-bond donors (Lipinski definition) is 0. The first-order chi connectivity index (χ1) is 10.5. The van der Waals surface area contributed by atoms with Gasteiger partial charge in [-0.1, -0.05) is 24.3 Å². The van der Waals surface area contributed by atoms with E-state index in [9.17, 15) is 8.42 Å². The summed E-state index contributed by atoms with van der Waals surface area (Å²) in [5, 5.41) is 0. The lowest BCUT2D eigenvalue weighted by Crippen LogP contribution is -2.04. The summed E-state index contributed by atoms with van der Waals surface area (Å²) in [4.78, 5) is 4.84. The van der Waals surface area contributed by atoms with Gasteiger partial charge in [0.05, 0.1) is 21.8 Å². The lowest BCUT2D eigenvalue weighted by Gasteiger charge is -2.08. The molecule has 0 amide bonds. The first kappa shape index (κ1) is 15.1. The lowest BCUT2D eigenvalue weighted by atomic mass is 10.2. The van der Waals surface area contributed by atoms with Crippen molar-refractivity contribution < 1.29 is 8.42 Å². The Kier molecular flexibility index (Phi) is 3.93. The van der Waals surface area contributed by atoms with Crippen molar-refractivity contribution in [2.24, 2.45) is 0 Å². The highest BCUT2D eigenvalue weighted by atomic mass is 35.5. The van der Waals surface area contributed by atoms with E-state index in [0.717, 1.165) is 22.4 Å². The van der Waals surface area contributed by atoms with E-state index in [4.69, 9.17) is 11.6 Å². The summed E-state index contributed by atoms with van der Waals surface area (Å²) in [5.41, 5.74) is 2.93. The number of imidazole rings is 1. The van der Waals surface area contributed by atoms with Crippen LogP contribution in [0, 0.1) is 0 Å². The Bertz CT molecular complexity index is 915. The van der Waals surface area contributed by atoms with Gasteiger partial charge in [0.25, 0.3) is 0 Å². The monoisotopic (exact) mass is 334 g/mol. The van der Waals surface area contributed by atoms with E-state index in [0.29, 0.717) is 17.3 Å². The zero-order chi connectivity index (χ0) is 15.7. The van der Waals surface area contributed by atoms with Gasteiger partial charge in [0.1, 0.15) is 5.82 Å². The third-order valence-electron chi connectivity index (χ3n) is 3.55. The van der Waals surface area contributed by atoms with E-state index < -0.39 is 9.84 Å². The molecule has 0 aliphatic carbocycles. The topological polar surface area (TPSA) is 52.0 Å². The van der Waals surface area contributed by atoms with Crippen molar-refractivity contribution in [1.29, 1.82) is 0 Å². The van der Waals surface area contributed by atoms with Crippen LogP contribution < -0.4 is 0 Å². The van der Waals surface area contributed by atoms with Crippen LogP contribution in [0.5, 0.6) is 0 Å². The van der Waals surface area contributed by atoms with E-state index in [1.165, 1.54) is 6.26 Å². The smallest absolute Gasteiger partial charge is 0.175 e. The van der Waals surface area contributed by atoms with Crippen LogP contribution in [0.1, 0.15) is 11.4 Å². The molecule has 0 radical (unpaired) electrons. The number of para-hydroxylation sites is 2. The average Bonchev–Trinajstić information content (AvgIpc) is 2.85. The van der Waals surface area contributed by atoms with E-state index in [-0.39, 0.29) is 0 Å². The molecule has 6 heteroatoms. The Morgan fingerprint density at radius 3 is 2.41 bits per heavy atom. The molecule has 0 fully saturated rings. The minimum Gasteiger partial charge on any atom is -0.322 e. The molecule has 22 heavy (non-hydrogen) atoms. The highest BCUT2D eigenvalue weighted by Crippen LogP contribution is 2.20. The Morgan fingerprint density at radius 1 is 1.09 bits per heavy atom. The molecule has 1 aromatic heterocycles. The molecule has 0 aliphatic heterocycles. The summed E-state index contributed by atoms with van der Waals surface area (Å²) in [5.74, 6) is 1.13. The number of hydrogen-bond acceptors (Lipinski definition) is 3. The largest absolute Gasteiger partial charge is 0.322 e. The molecule has 3 rings (SSSR count). The Morgan fingerprint density at radius 2 is 1.77 bits per heavy atom. The third-order valence-corrected chi connectivity index (χ3v) is 4.91. The van der Waals surface area contributed by atoms with Gasteiger partial charge in [0, 0.05) is 12.8 Å². The molecule has 0 saturated carbocycles. The Balaban J connectivity index is 1.99. The summed E-state index contributed by atoms with van der Waals surface area (Å²) in [6.07, 6.45) is 1.21. The van der Waals surface area contributed by atoms with Gasteiger partial charge in [0.15, 0.2) is 9.84 Å². The molecule has 0 atom stereocenters. The van der Waals surface area contributed by atoms with Crippen LogP contribution in [0.3, 0.4) is 0 Å². The fourth-order valence-corrected chi connectivity index (χ4v) is 3.26. The van der Waals surface area contributed by atoms with Gasteiger partial charge < -0.3 is 4.57 Å². The third kappa shape index (κ3) is 2.87. The van der Waals surface area contributed by atoms with Gasteiger partial charge in [-0.05, 0) is 29.8 Å². The maximum atomic E-state index is 11.5. The fraction of sp³-hybridized carbons (Fsp3) is 0.188. The van der Waals surface area contributed by atoms with Crippen LogP contribution in [0.2, 0.25) is 0 Å². The summed E-state index contributed by atoms with van der Waals surface area (Å²) >= 11 is 5.99. The molecule has 0 unspecified atom stereocenters. The minimum atomic E-state index is -3.17. The molecule has 1 heterocycles. The zero-order valence-corrected chi connectivity index (χ0v) is 13.6. The minimum absolute atomic E-state index is 0.323. The van der Waals surface area contributed by atoms with Crippen LogP contribution in [-0.4, -0.2) is 24.2 Å². The van der Waals surface area contributed by atoms with Gasteiger partial charge in [0.2, 0.25) is 0 Å². The fourth-order valence-electron chi connectivity index (χ4n) is 2.43. The van der Waals surface area contributed by atoms with E-state index in [2.05, 4.69) is 9.55 Å². The van der Waals surface area contributed by atoms with Crippen molar-refractivity contribution in [2.75, 3.05) is 6.26 Å². The predicted octanol–water partition coefficient (Wildman–Crippen LogP) is 3.23. The van der Waals surface area contributed by atoms with Crippen molar-refractivity contribution in [3.8, 4) is 0 Å². The number of benzene rings is 2. The van der Waals surface area contributed by atoms with Crippen molar-refractivity contribution in [3.63, 3.8) is 0 Å². The van der Waals surface area contributed by atoms with Crippen molar-refractivity contribution in [1.82, 2.24) is 9.55 Å². The van der Waals surface area contributed by atoms with Crippen LogP contribution in [0.15, 0.2) is 53.4 Å². The highest BCUT2D eigenvalue weighted by molar-refractivity contribution is 7.90. The predicted molar refractivity (Wildman–Crippen MR) is 87.9 cm³/mol. The average molecular weight is 335 g/mol. The second-order valence-electron chi connectivity index (χ2n) is 5.15. The molecule has 0 saturated heterocycles. The molecule has 2 aromatic carbocycles. The normalized spacial score (nSPS) is 11.9. The van der Waals surface area contributed by atoms with Crippen LogP contribution in [0.25, 0.3) is 11.0 Å². The van der Waals surface area contributed by atoms with Gasteiger partial charge in [-0.3, -0.25) is 0 Å². The summed E-state index contributed by atoms with van der Waals surface area (Å²) < 4.78 is 25.1. The first-order valence-electron chi connectivity index (χ1n) is 6.78. The number of aromatic nitrogens is 2. The molecular formula is C16H15ClN2O2S. The van der Waals surface area contributed by atoms with Crippen molar-refractivity contribution >= 4 is 32.5 Å². The second kappa shape index (κ2) is 5.74. The molecule has 0 spiro atoms. The molecule has 4 nitrogen and oxygen atoms in total. The SMILES string of the molecule is CS(=O)(=O)c1ccc(Cn2c(CCl)nc3ccccc32)cc1. The van der Waals surface area contributed by atoms with Crippen molar-refractivity contribution in [3.05, 3.63) is 59.9 Å². The Hall–Kier alpha value is -1.85. The van der Waals surface area contributed by atoms with Crippen LogP contribution in [0.4, 0.5) is 0 Å². The number of sulfone groups is 1. The summed E-state index contributed by atoms with van der Waals surface area (Å²) in [7, 11) is -3.17. The number of fused-ring (bicyclic) bond motifs is 1. The molecule has 0 N–H and O–H groups in total. The van der Waals surface area contributed by atoms with Gasteiger partial charge in [-0.2, -0.15) is 0 Å². The van der Waals surface area contributed by atoms with Gasteiger partial charge in [-0.25, -0.2) is 13.4 Å². The molecule has 3 aromatic rings. The number of nitrogens with zero attached hydrogens (tertiary/aromatic N) is 2. The van der Waals surface area contributed by atoms with Gasteiger partial charge in [-0.15, -0.1) is 11.6 Å². The maximum Gasteiger partial charge on any atom is 0.175 e. The molecule has 0 bridgehead atoms. The van der Waals surface area contributed by atoms with Crippen LogP contribution in [-0.2, 0) is 22.3 Å². The molecular weight excluding hydrogens is 320 g/mol. The standard InChI is InChI=1S/C16H15ClN2O2S/c1-22(20,21)13-8-6-12(7-9-13)11-19-15-5-3-2-4-14(15)18-16(19)10-17/h2-9H,10-11H2,1H3. The highest BCUT2D eigenvalue weighted by Gasteiger charge is 2.11. The first-order valence-corrected chi connectivity index (χ1v) is 9.21. The van der Waals surface area contributed by atoms with Gasteiger partial charge >= 0.3 is 0 Å². The lowest BCUT2D eigenvalue weighted by molar-refractivity contribution is 0.602. The van der Waals surface area contributed by atoms with E-state index >= 15 is 0 Å².